The molecule has 0 aliphatic heterocycles. The molecule has 5 nitrogen and oxygen atoms in total. The van der Waals surface area contributed by atoms with Crippen molar-refractivity contribution in [3.8, 4) is 5.75 Å². The molecule has 1 heterocycles. The Bertz CT molecular complexity index is 447. The van der Waals surface area contributed by atoms with Gasteiger partial charge in [0.15, 0.2) is 6.61 Å². The fourth-order valence-electron chi connectivity index (χ4n) is 1.74. The molecule has 0 aliphatic rings. The zero-order valence-corrected chi connectivity index (χ0v) is 12.8. The predicted molar refractivity (Wildman–Crippen MR) is 79.7 cm³/mol. The number of pyridine rings is 1. The van der Waals surface area contributed by atoms with Crippen LogP contribution in [0.1, 0.15) is 38.6 Å². The number of carbonyl (C=O) groups is 1. The molecule has 0 saturated heterocycles. The van der Waals surface area contributed by atoms with Crippen molar-refractivity contribution in [3.63, 3.8) is 0 Å². The van der Waals surface area contributed by atoms with Gasteiger partial charge in [0.05, 0.1) is 5.69 Å². The first kappa shape index (κ1) is 16.4. The van der Waals surface area contributed by atoms with E-state index >= 15 is 0 Å². The van der Waals surface area contributed by atoms with E-state index in [0.29, 0.717) is 12.2 Å². The van der Waals surface area contributed by atoms with Gasteiger partial charge in [-0.3, -0.25) is 9.78 Å². The van der Waals surface area contributed by atoms with Crippen molar-refractivity contribution < 1.29 is 9.53 Å². The molecule has 1 amide bonds. The number of nitrogens with one attached hydrogen (secondary N) is 1. The fraction of sp³-hybridized carbons (Fsp3) is 0.600. The molecule has 1 aromatic heterocycles. The van der Waals surface area contributed by atoms with Gasteiger partial charge in [0.1, 0.15) is 5.75 Å². The molecule has 0 aliphatic carbocycles. The number of carbonyl (C=O) groups excluding carboxylic acids is 1. The SMILES string of the molecule is CCC(C)NC(=O)COc1ccc(C)nc1CC(C)N. The van der Waals surface area contributed by atoms with Crippen LogP contribution in [0.15, 0.2) is 12.1 Å². The van der Waals surface area contributed by atoms with Gasteiger partial charge in [0.25, 0.3) is 5.91 Å². The molecule has 0 radical (unpaired) electrons. The number of aryl methyl sites for hydroxylation is 1. The molecule has 1 rings (SSSR count). The van der Waals surface area contributed by atoms with E-state index < -0.39 is 0 Å². The van der Waals surface area contributed by atoms with Gasteiger partial charge in [-0.15, -0.1) is 0 Å². The Hall–Kier alpha value is -1.62. The fourth-order valence-corrected chi connectivity index (χ4v) is 1.74. The number of rotatable bonds is 7. The molecule has 0 aromatic carbocycles. The minimum atomic E-state index is -0.119. The van der Waals surface area contributed by atoms with Crippen molar-refractivity contribution in [2.45, 2.75) is 52.6 Å². The van der Waals surface area contributed by atoms with Gasteiger partial charge in [-0.25, -0.2) is 0 Å². The zero-order chi connectivity index (χ0) is 15.1. The van der Waals surface area contributed by atoms with Crippen LogP contribution in [0.3, 0.4) is 0 Å². The molecule has 5 heteroatoms. The summed E-state index contributed by atoms with van der Waals surface area (Å²) >= 11 is 0. The average Bonchev–Trinajstić information content (AvgIpc) is 2.37. The Kier molecular flexibility index (Phi) is 6.45. The third-order valence-corrected chi connectivity index (χ3v) is 2.97. The van der Waals surface area contributed by atoms with Crippen LogP contribution in [-0.2, 0) is 11.2 Å². The standard InChI is InChI=1S/C15H25N3O2/c1-5-11(3)18-15(19)9-20-14-7-6-12(4)17-13(14)8-10(2)16/h6-7,10-11H,5,8-9,16H2,1-4H3,(H,18,19). The van der Waals surface area contributed by atoms with Crippen LogP contribution in [0, 0.1) is 6.92 Å². The molecule has 1 aromatic rings. The third kappa shape index (κ3) is 5.57. The van der Waals surface area contributed by atoms with Crippen LogP contribution in [0.5, 0.6) is 5.75 Å². The van der Waals surface area contributed by atoms with E-state index in [0.717, 1.165) is 17.8 Å². The first-order chi connectivity index (χ1) is 9.42. The Balaban J connectivity index is 2.65. The molecule has 112 valence electrons. The lowest BCUT2D eigenvalue weighted by Crippen LogP contribution is -2.35. The molecule has 2 unspecified atom stereocenters. The third-order valence-electron chi connectivity index (χ3n) is 2.97. The maximum Gasteiger partial charge on any atom is 0.258 e. The number of nitrogens with zero attached hydrogens (tertiary/aromatic N) is 1. The number of hydrogen-bond acceptors (Lipinski definition) is 4. The molecular formula is C15H25N3O2. The highest BCUT2D eigenvalue weighted by Crippen LogP contribution is 2.18. The van der Waals surface area contributed by atoms with Crippen molar-refractivity contribution >= 4 is 5.91 Å². The minimum absolute atomic E-state index is 0.000546. The highest BCUT2D eigenvalue weighted by molar-refractivity contribution is 5.77. The zero-order valence-electron chi connectivity index (χ0n) is 12.8. The molecule has 20 heavy (non-hydrogen) atoms. The van der Waals surface area contributed by atoms with Gasteiger partial charge in [-0.05, 0) is 39.3 Å². The summed E-state index contributed by atoms with van der Waals surface area (Å²) in [6, 6.07) is 3.87. The normalized spacial score (nSPS) is 13.7. The summed E-state index contributed by atoms with van der Waals surface area (Å²) < 4.78 is 5.57. The van der Waals surface area contributed by atoms with E-state index in [2.05, 4.69) is 10.3 Å². The first-order valence-corrected chi connectivity index (χ1v) is 7.06. The van der Waals surface area contributed by atoms with Crippen LogP contribution >= 0.6 is 0 Å². The highest BCUT2D eigenvalue weighted by Gasteiger charge is 2.11. The number of ether oxygens (including phenoxy) is 1. The lowest BCUT2D eigenvalue weighted by molar-refractivity contribution is -0.123. The lowest BCUT2D eigenvalue weighted by Gasteiger charge is -2.14. The largest absolute Gasteiger partial charge is 0.482 e. The summed E-state index contributed by atoms with van der Waals surface area (Å²) in [6.45, 7) is 7.83. The van der Waals surface area contributed by atoms with Crippen molar-refractivity contribution in [2.24, 2.45) is 5.73 Å². The Morgan fingerprint density at radius 3 is 2.75 bits per heavy atom. The van der Waals surface area contributed by atoms with Crippen molar-refractivity contribution in [1.29, 1.82) is 0 Å². The Morgan fingerprint density at radius 2 is 2.15 bits per heavy atom. The molecule has 3 N–H and O–H groups in total. The molecule has 0 saturated carbocycles. The summed E-state index contributed by atoms with van der Waals surface area (Å²) in [4.78, 5) is 16.1. The van der Waals surface area contributed by atoms with Crippen molar-refractivity contribution in [1.82, 2.24) is 10.3 Å². The summed E-state index contributed by atoms with van der Waals surface area (Å²) in [7, 11) is 0. The van der Waals surface area contributed by atoms with Gasteiger partial charge in [0, 0.05) is 24.2 Å². The van der Waals surface area contributed by atoms with Gasteiger partial charge in [-0.1, -0.05) is 6.92 Å². The van der Waals surface area contributed by atoms with Gasteiger partial charge in [-0.2, -0.15) is 0 Å². The summed E-state index contributed by atoms with van der Waals surface area (Å²) in [5.74, 6) is 0.513. The van der Waals surface area contributed by atoms with Crippen molar-refractivity contribution in [3.05, 3.63) is 23.5 Å². The minimum Gasteiger partial charge on any atom is -0.482 e. The molecule has 0 bridgehead atoms. The van der Waals surface area contributed by atoms with Gasteiger partial charge in [0.2, 0.25) is 0 Å². The second-order valence-corrected chi connectivity index (χ2v) is 5.24. The van der Waals surface area contributed by atoms with Crippen LogP contribution < -0.4 is 15.8 Å². The maximum atomic E-state index is 11.7. The molecule has 0 fully saturated rings. The van der Waals surface area contributed by atoms with Gasteiger partial charge >= 0.3 is 0 Å². The second-order valence-electron chi connectivity index (χ2n) is 5.24. The second kappa shape index (κ2) is 7.85. The summed E-state index contributed by atoms with van der Waals surface area (Å²) in [5.41, 5.74) is 7.52. The topological polar surface area (TPSA) is 77.2 Å². The number of amides is 1. The van der Waals surface area contributed by atoms with Crippen LogP contribution in [0.4, 0.5) is 0 Å². The van der Waals surface area contributed by atoms with Crippen LogP contribution in [0.25, 0.3) is 0 Å². The van der Waals surface area contributed by atoms with E-state index in [1.165, 1.54) is 0 Å². The average molecular weight is 279 g/mol. The van der Waals surface area contributed by atoms with Crippen LogP contribution in [0.2, 0.25) is 0 Å². The predicted octanol–water partition coefficient (Wildman–Crippen LogP) is 1.57. The smallest absolute Gasteiger partial charge is 0.258 e. The quantitative estimate of drug-likeness (QED) is 0.794. The Morgan fingerprint density at radius 1 is 1.45 bits per heavy atom. The highest BCUT2D eigenvalue weighted by atomic mass is 16.5. The summed E-state index contributed by atoms with van der Waals surface area (Å²) in [5, 5.41) is 2.86. The van der Waals surface area contributed by atoms with E-state index in [1.54, 1.807) is 0 Å². The van der Waals surface area contributed by atoms with Crippen LogP contribution in [-0.4, -0.2) is 29.6 Å². The molecule has 2 atom stereocenters. The maximum absolute atomic E-state index is 11.7. The number of aromatic nitrogens is 1. The Labute approximate surface area is 120 Å². The monoisotopic (exact) mass is 279 g/mol. The van der Waals surface area contributed by atoms with E-state index in [-0.39, 0.29) is 24.6 Å². The first-order valence-electron chi connectivity index (χ1n) is 7.06. The number of hydrogen-bond donors (Lipinski definition) is 2. The van der Waals surface area contributed by atoms with E-state index in [1.807, 2.05) is 39.8 Å². The molecule has 0 spiro atoms. The molecular weight excluding hydrogens is 254 g/mol. The lowest BCUT2D eigenvalue weighted by atomic mass is 10.1. The van der Waals surface area contributed by atoms with E-state index in [9.17, 15) is 4.79 Å². The number of nitrogens with two attached hydrogens (primary N) is 1. The van der Waals surface area contributed by atoms with Crippen molar-refractivity contribution in [2.75, 3.05) is 6.61 Å². The van der Waals surface area contributed by atoms with Gasteiger partial charge < -0.3 is 15.8 Å². The summed E-state index contributed by atoms with van der Waals surface area (Å²) in [6.07, 6.45) is 1.53. The van der Waals surface area contributed by atoms with E-state index in [4.69, 9.17) is 10.5 Å².